The van der Waals surface area contributed by atoms with Gasteiger partial charge in [0.1, 0.15) is 13.2 Å². The molecular weight excluding hydrogens is 707 g/mol. The van der Waals surface area contributed by atoms with Gasteiger partial charge in [0, 0.05) is 6.42 Å². The van der Waals surface area contributed by atoms with Gasteiger partial charge in [-0.2, -0.15) is 0 Å². The molecule has 0 aromatic rings. The highest BCUT2D eigenvalue weighted by Crippen LogP contribution is 2.43. The highest BCUT2D eigenvalue weighted by atomic mass is 31.2. The van der Waals surface area contributed by atoms with Crippen LogP contribution in [0.3, 0.4) is 0 Å². The number of amides is 1. The first-order chi connectivity index (χ1) is 26.5. The molecule has 0 aliphatic carbocycles. The van der Waals surface area contributed by atoms with Gasteiger partial charge < -0.3 is 19.8 Å². The van der Waals surface area contributed by atoms with Crippen LogP contribution in [0.2, 0.25) is 0 Å². The minimum Gasteiger partial charge on any atom is -0.387 e. The van der Waals surface area contributed by atoms with Crippen LogP contribution in [-0.2, 0) is 18.4 Å². The van der Waals surface area contributed by atoms with Crippen molar-refractivity contribution in [2.24, 2.45) is 0 Å². The second kappa shape index (κ2) is 37.3. The van der Waals surface area contributed by atoms with Crippen molar-refractivity contribution in [1.29, 1.82) is 0 Å². The lowest BCUT2D eigenvalue weighted by molar-refractivity contribution is -0.870. The first-order valence-electron chi connectivity index (χ1n) is 21.5. The molecule has 316 valence electrons. The average molecular weight is 790 g/mol. The van der Waals surface area contributed by atoms with Gasteiger partial charge in [0.15, 0.2) is 0 Å². The molecule has 0 aromatic heterocycles. The Morgan fingerprint density at radius 3 is 1.67 bits per heavy atom. The minimum absolute atomic E-state index is 0.0488. The van der Waals surface area contributed by atoms with Crippen molar-refractivity contribution in [2.45, 2.75) is 161 Å². The number of nitrogens with zero attached hydrogens (tertiary/aromatic N) is 1. The van der Waals surface area contributed by atoms with Gasteiger partial charge in [-0.1, -0.05) is 150 Å². The summed E-state index contributed by atoms with van der Waals surface area (Å²) >= 11 is 0. The molecule has 9 heteroatoms. The van der Waals surface area contributed by atoms with Gasteiger partial charge in [-0.3, -0.25) is 13.8 Å². The normalized spacial score (nSPS) is 15.3. The van der Waals surface area contributed by atoms with E-state index in [-0.39, 0.29) is 19.1 Å². The molecule has 3 N–H and O–H groups in total. The number of quaternary nitrogens is 1. The molecule has 1 amide bonds. The van der Waals surface area contributed by atoms with E-state index in [0.717, 1.165) is 83.5 Å². The van der Waals surface area contributed by atoms with Crippen LogP contribution in [-0.4, -0.2) is 73.4 Å². The van der Waals surface area contributed by atoms with E-state index in [9.17, 15) is 19.4 Å². The summed E-state index contributed by atoms with van der Waals surface area (Å²) in [6.45, 7) is 4.60. The molecule has 0 saturated carbocycles. The van der Waals surface area contributed by atoms with Crippen molar-refractivity contribution in [1.82, 2.24) is 5.32 Å². The van der Waals surface area contributed by atoms with E-state index < -0.39 is 20.0 Å². The molecule has 0 rings (SSSR count). The number of phosphoric acid groups is 1. The van der Waals surface area contributed by atoms with Crippen LogP contribution in [0.5, 0.6) is 0 Å². The van der Waals surface area contributed by atoms with E-state index in [4.69, 9.17) is 9.05 Å². The van der Waals surface area contributed by atoms with Crippen LogP contribution in [0.1, 0.15) is 149 Å². The van der Waals surface area contributed by atoms with Crippen LogP contribution in [0.25, 0.3) is 0 Å². The number of carbonyl (C=O) groups is 1. The standard InChI is InChI=1S/C46H81N2O6P/c1-6-8-10-12-14-16-18-19-20-21-22-23-24-25-26-27-28-29-30-32-34-36-38-40-46(50)47-44(43-54-55(51,52)53-42-41-48(3,4)5)45(49)39-37-35-33-31-17-15-13-11-9-7-2/h8,10,14,16-17,19-20,22-23,25-26,31,37,39,44-45,49H,6-7,9,11-13,15,18,21,24,27-30,32-36,38,40-43H2,1-5H3,(H-,47,50,51,52)/p+1/b10-8-,16-14-,20-19-,23-22-,26-25-,31-17+,39-37+. The van der Waals surface area contributed by atoms with Crippen molar-refractivity contribution in [3.63, 3.8) is 0 Å². The number of nitrogens with one attached hydrogen (secondary N) is 1. The Labute approximate surface area is 337 Å². The number of rotatable bonds is 37. The topological polar surface area (TPSA) is 105 Å². The first kappa shape index (κ1) is 52.7. The molecule has 0 bridgehead atoms. The number of carbonyl (C=O) groups excluding carboxylic acids is 1. The van der Waals surface area contributed by atoms with E-state index in [2.05, 4.69) is 92.1 Å². The van der Waals surface area contributed by atoms with Crippen molar-refractivity contribution < 1.29 is 32.9 Å². The minimum atomic E-state index is -4.35. The van der Waals surface area contributed by atoms with Crippen LogP contribution in [0, 0.1) is 0 Å². The Balaban J connectivity index is 4.39. The van der Waals surface area contributed by atoms with Crippen molar-refractivity contribution >= 4 is 13.7 Å². The number of allylic oxidation sites excluding steroid dienone is 13. The Morgan fingerprint density at radius 2 is 1.11 bits per heavy atom. The van der Waals surface area contributed by atoms with Gasteiger partial charge in [0.25, 0.3) is 0 Å². The molecule has 0 aliphatic heterocycles. The largest absolute Gasteiger partial charge is 0.472 e. The van der Waals surface area contributed by atoms with E-state index in [1.54, 1.807) is 6.08 Å². The molecule has 0 saturated heterocycles. The third-order valence-electron chi connectivity index (χ3n) is 8.85. The van der Waals surface area contributed by atoms with Gasteiger partial charge in [0.2, 0.25) is 5.91 Å². The highest BCUT2D eigenvalue weighted by molar-refractivity contribution is 7.47. The number of phosphoric ester groups is 1. The Hall–Kier alpha value is -2.32. The molecular formula is C46H82N2O6P+. The van der Waals surface area contributed by atoms with Crippen LogP contribution in [0.15, 0.2) is 85.1 Å². The Bertz CT molecular complexity index is 1170. The van der Waals surface area contributed by atoms with Gasteiger partial charge >= 0.3 is 7.82 Å². The fraction of sp³-hybridized carbons (Fsp3) is 0.674. The molecule has 0 spiro atoms. The van der Waals surface area contributed by atoms with Crippen LogP contribution >= 0.6 is 7.82 Å². The highest BCUT2D eigenvalue weighted by Gasteiger charge is 2.27. The molecule has 0 radical (unpaired) electrons. The van der Waals surface area contributed by atoms with E-state index in [1.165, 1.54) is 44.9 Å². The lowest BCUT2D eigenvalue weighted by Gasteiger charge is -2.25. The molecule has 0 heterocycles. The summed E-state index contributed by atoms with van der Waals surface area (Å²) in [6, 6.07) is -0.872. The maximum atomic E-state index is 12.8. The fourth-order valence-corrected chi connectivity index (χ4v) is 6.17. The second-order valence-corrected chi connectivity index (χ2v) is 16.8. The van der Waals surface area contributed by atoms with E-state index in [0.29, 0.717) is 17.4 Å². The molecule has 0 aliphatic rings. The number of unbranched alkanes of at least 4 members (excludes halogenated alkanes) is 12. The summed E-state index contributed by atoms with van der Waals surface area (Å²) in [6.07, 6.45) is 50.9. The molecule has 0 aromatic carbocycles. The zero-order valence-corrected chi connectivity index (χ0v) is 36.5. The van der Waals surface area contributed by atoms with Crippen LogP contribution in [0.4, 0.5) is 0 Å². The van der Waals surface area contributed by atoms with E-state index >= 15 is 0 Å². The van der Waals surface area contributed by atoms with Crippen molar-refractivity contribution in [3.8, 4) is 0 Å². The van der Waals surface area contributed by atoms with Gasteiger partial charge in [-0.25, -0.2) is 4.57 Å². The predicted molar refractivity (Wildman–Crippen MR) is 235 cm³/mol. The zero-order chi connectivity index (χ0) is 40.7. The quantitative estimate of drug-likeness (QED) is 0.0251. The Kier molecular flexibility index (Phi) is 35.7. The van der Waals surface area contributed by atoms with Gasteiger partial charge in [-0.05, 0) is 77.0 Å². The number of likely N-dealkylation sites (N-methyl/N-ethyl adjacent to an activating group) is 1. The van der Waals surface area contributed by atoms with Crippen LogP contribution < -0.4 is 5.32 Å². The monoisotopic (exact) mass is 790 g/mol. The molecule has 3 unspecified atom stereocenters. The first-order valence-corrected chi connectivity index (χ1v) is 23.0. The van der Waals surface area contributed by atoms with Gasteiger partial charge in [-0.15, -0.1) is 0 Å². The number of hydrogen-bond acceptors (Lipinski definition) is 5. The molecule has 0 fully saturated rings. The lowest BCUT2D eigenvalue weighted by atomic mass is 10.1. The number of hydrogen-bond donors (Lipinski definition) is 3. The predicted octanol–water partition coefficient (Wildman–Crippen LogP) is 11.8. The number of aliphatic hydroxyl groups is 1. The summed E-state index contributed by atoms with van der Waals surface area (Å²) in [5, 5.41) is 13.7. The summed E-state index contributed by atoms with van der Waals surface area (Å²) in [7, 11) is 1.53. The SMILES string of the molecule is CC/C=C\C/C=C\C/C=C\C/C=C\C/C=C\CCCCCCCCCC(=O)NC(COP(=O)(O)OCC[N+](C)(C)C)C(O)/C=C/CC/C=C/CCCCCC. The third-order valence-corrected chi connectivity index (χ3v) is 9.83. The third kappa shape index (κ3) is 39.7. The summed E-state index contributed by atoms with van der Waals surface area (Å²) in [4.78, 5) is 23.0. The summed E-state index contributed by atoms with van der Waals surface area (Å²) in [5.41, 5.74) is 0. The zero-order valence-electron chi connectivity index (χ0n) is 35.6. The average Bonchev–Trinajstić information content (AvgIpc) is 3.13. The van der Waals surface area contributed by atoms with E-state index in [1.807, 2.05) is 27.2 Å². The van der Waals surface area contributed by atoms with Crippen molar-refractivity contribution in [3.05, 3.63) is 85.1 Å². The maximum Gasteiger partial charge on any atom is 0.472 e. The summed E-state index contributed by atoms with van der Waals surface area (Å²) in [5.74, 6) is -0.206. The Morgan fingerprint density at radius 1 is 0.636 bits per heavy atom. The fourth-order valence-electron chi connectivity index (χ4n) is 5.43. The van der Waals surface area contributed by atoms with Crippen molar-refractivity contribution in [2.75, 3.05) is 40.9 Å². The summed E-state index contributed by atoms with van der Waals surface area (Å²) < 4.78 is 23.5. The number of aliphatic hydroxyl groups excluding tert-OH is 1. The molecule has 3 atom stereocenters. The maximum absolute atomic E-state index is 12.8. The second-order valence-electron chi connectivity index (χ2n) is 15.3. The van der Waals surface area contributed by atoms with Gasteiger partial charge in [0.05, 0.1) is 39.9 Å². The molecule has 55 heavy (non-hydrogen) atoms. The lowest BCUT2D eigenvalue weighted by Crippen LogP contribution is -2.45. The smallest absolute Gasteiger partial charge is 0.387 e. The molecule has 8 nitrogen and oxygen atoms in total.